The summed E-state index contributed by atoms with van der Waals surface area (Å²) in [4.78, 5) is 45.7. The molecule has 2 saturated heterocycles. The average molecular weight is 691 g/mol. The zero-order valence-corrected chi connectivity index (χ0v) is 30.9. The highest BCUT2D eigenvalue weighted by Gasteiger charge is 2.67. The van der Waals surface area contributed by atoms with Crippen LogP contribution >= 0.6 is 0 Å². The molecule has 270 valence electrons. The smallest absolute Gasteiger partial charge is 0.486 e. The lowest BCUT2D eigenvalue weighted by Crippen LogP contribution is -2.65. The Morgan fingerprint density at radius 3 is 2.36 bits per heavy atom. The molecule has 12 heteroatoms. The molecule has 5 fully saturated rings. The minimum absolute atomic E-state index is 0.0137. The third-order valence-corrected chi connectivity index (χ3v) is 10.6. The van der Waals surface area contributed by atoms with Gasteiger partial charge in [0.1, 0.15) is 28.6 Å². The Balaban J connectivity index is 1.23. The fraction of sp³-hybridized carbons (Fsp3) is 0.632. The third kappa shape index (κ3) is 7.51. The van der Waals surface area contributed by atoms with Crippen molar-refractivity contribution in [1.29, 1.82) is 0 Å². The lowest BCUT2D eigenvalue weighted by atomic mass is 9.43. The highest BCUT2D eigenvalue weighted by atomic mass is 16.7. The van der Waals surface area contributed by atoms with E-state index in [1.807, 2.05) is 6.07 Å². The minimum atomic E-state index is -0.953. The number of hydrogen-bond donors (Lipinski definition) is 0. The van der Waals surface area contributed by atoms with Gasteiger partial charge in [-0.15, -0.1) is 0 Å². The number of nitrogens with zero attached hydrogens (tertiary/aromatic N) is 2. The second-order valence-corrected chi connectivity index (χ2v) is 17.0. The van der Waals surface area contributed by atoms with E-state index in [1.165, 1.54) is 0 Å². The number of carbonyl (C=O) groups is 3. The van der Waals surface area contributed by atoms with E-state index in [9.17, 15) is 14.4 Å². The van der Waals surface area contributed by atoms with Crippen molar-refractivity contribution in [1.82, 2.24) is 9.88 Å². The van der Waals surface area contributed by atoms with Gasteiger partial charge in [-0.2, -0.15) is 0 Å². The number of hydrogen-bond acceptors (Lipinski definition) is 10. The number of ether oxygens (including phenoxy) is 4. The van der Waals surface area contributed by atoms with Crippen molar-refractivity contribution < 1.29 is 42.6 Å². The number of amides is 1. The second-order valence-electron chi connectivity index (χ2n) is 17.0. The first-order valence-electron chi connectivity index (χ1n) is 17.8. The molecule has 0 N–H and O–H groups in total. The summed E-state index contributed by atoms with van der Waals surface area (Å²) in [6, 6.07) is 7.15. The van der Waals surface area contributed by atoms with E-state index in [0.717, 1.165) is 18.4 Å². The summed E-state index contributed by atoms with van der Waals surface area (Å²) in [5, 5.41) is 0. The van der Waals surface area contributed by atoms with Gasteiger partial charge in [-0.25, -0.2) is 9.59 Å². The van der Waals surface area contributed by atoms with Crippen LogP contribution in [-0.4, -0.2) is 77.1 Å². The summed E-state index contributed by atoms with van der Waals surface area (Å²) < 4.78 is 36.7. The largest absolute Gasteiger partial charge is 0.514 e. The van der Waals surface area contributed by atoms with Crippen LogP contribution < -0.4 is 9.47 Å². The molecule has 0 radical (unpaired) electrons. The van der Waals surface area contributed by atoms with Crippen molar-refractivity contribution in [3.63, 3.8) is 0 Å². The normalized spacial score (nSPS) is 25.6. The molecule has 7 rings (SSSR count). The quantitative estimate of drug-likeness (QED) is 0.165. The number of aromatic nitrogens is 1. The Hall–Kier alpha value is -3.64. The van der Waals surface area contributed by atoms with E-state index in [0.29, 0.717) is 43.2 Å². The minimum Gasteiger partial charge on any atom is -0.486 e. The van der Waals surface area contributed by atoms with Crippen molar-refractivity contribution in [2.24, 2.45) is 17.3 Å². The van der Waals surface area contributed by atoms with Crippen LogP contribution in [0.3, 0.4) is 0 Å². The van der Waals surface area contributed by atoms with Crippen LogP contribution in [0.5, 0.6) is 11.5 Å². The van der Waals surface area contributed by atoms with Crippen LogP contribution in [0.4, 0.5) is 4.79 Å². The lowest BCUT2D eigenvalue weighted by Gasteiger charge is -2.64. The molecule has 3 heterocycles. The third-order valence-electron chi connectivity index (χ3n) is 10.6. The standard InChI is InChI=1S/C38H51BN2O9/c1-35(2,3)47-33(43)31-27(45-26-21-41(22-26)30(42)17-23-11-10-16-40-20-23)13-12-24(32(31)46-34(44)48-36(4,5)6)14-15-39-49-29-19-25-18-28(37(25,7)8)38(29,9)50-39/h10-13,16,20,25-26,28-29H,14-15,17-19,21-22H2,1-9H3/t25-,28-,29+,38-/m0/s1. The van der Waals surface area contributed by atoms with Crippen LogP contribution in [0.1, 0.15) is 96.6 Å². The summed E-state index contributed by atoms with van der Waals surface area (Å²) in [6.07, 6.45) is 5.29. The number of esters is 1. The van der Waals surface area contributed by atoms with Crippen molar-refractivity contribution in [2.75, 3.05) is 13.1 Å². The molecular weight excluding hydrogens is 639 g/mol. The molecule has 2 aromatic rings. The SMILES string of the molecule is CC(C)(C)OC(=O)Oc1c(CCB2O[C@@H]3C[C@@H]4C[C@@H](C4(C)C)[C@]3(C)O2)ccc(OC2CN(C(=O)Cc3cccnc3)C2)c1C(=O)OC(C)(C)C. The van der Waals surface area contributed by atoms with E-state index < -0.39 is 30.4 Å². The lowest BCUT2D eigenvalue weighted by molar-refractivity contribution is -0.199. The van der Waals surface area contributed by atoms with Gasteiger partial charge in [0.25, 0.3) is 0 Å². The molecule has 3 saturated carbocycles. The van der Waals surface area contributed by atoms with Crippen molar-refractivity contribution >= 4 is 25.2 Å². The van der Waals surface area contributed by atoms with Gasteiger partial charge in [0.05, 0.1) is 31.2 Å². The van der Waals surface area contributed by atoms with E-state index in [1.54, 1.807) is 77.0 Å². The Labute approximate surface area is 295 Å². The average Bonchev–Trinajstić information content (AvgIpc) is 3.32. The topological polar surface area (TPSA) is 123 Å². The first-order valence-corrected chi connectivity index (χ1v) is 17.8. The molecule has 1 aromatic heterocycles. The molecule has 4 atom stereocenters. The zero-order valence-electron chi connectivity index (χ0n) is 30.9. The summed E-state index contributed by atoms with van der Waals surface area (Å²) in [5.41, 5.74) is -0.404. The Kier molecular flexibility index (Phi) is 9.52. The van der Waals surface area contributed by atoms with Crippen LogP contribution in [0, 0.1) is 17.3 Å². The first kappa shape index (κ1) is 36.2. The van der Waals surface area contributed by atoms with Gasteiger partial charge in [0, 0.05) is 12.4 Å². The van der Waals surface area contributed by atoms with Crippen LogP contribution in [0.2, 0.25) is 6.32 Å². The monoisotopic (exact) mass is 690 g/mol. The highest BCUT2D eigenvalue weighted by Crippen LogP contribution is 2.65. The van der Waals surface area contributed by atoms with Gasteiger partial charge >= 0.3 is 19.2 Å². The maximum absolute atomic E-state index is 13.9. The summed E-state index contributed by atoms with van der Waals surface area (Å²) >= 11 is 0. The molecule has 3 aliphatic carbocycles. The number of likely N-dealkylation sites (tertiary alicyclic amines) is 1. The van der Waals surface area contributed by atoms with Crippen molar-refractivity contribution in [3.8, 4) is 11.5 Å². The van der Waals surface area contributed by atoms with Gasteiger partial charge in [0.15, 0.2) is 5.75 Å². The Morgan fingerprint density at radius 1 is 1.00 bits per heavy atom. The van der Waals surface area contributed by atoms with E-state index >= 15 is 0 Å². The molecule has 50 heavy (non-hydrogen) atoms. The summed E-state index contributed by atoms with van der Waals surface area (Å²) in [6.45, 7) is 18.0. The number of benzene rings is 1. The number of pyridine rings is 1. The molecular formula is C38H51BN2O9. The molecule has 5 aliphatic rings. The molecule has 0 spiro atoms. The van der Waals surface area contributed by atoms with Crippen LogP contribution in [-0.2, 0) is 36.4 Å². The maximum Gasteiger partial charge on any atom is 0.514 e. The van der Waals surface area contributed by atoms with Gasteiger partial charge < -0.3 is 33.2 Å². The van der Waals surface area contributed by atoms with E-state index in [-0.39, 0.29) is 52.6 Å². The zero-order chi connectivity index (χ0) is 36.2. The first-order chi connectivity index (χ1) is 23.3. The van der Waals surface area contributed by atoms with E-state index in [2.05, 4.69) is 25.8 Å². The number of aryl methyl sites for hydroxylation is 1. The van der Waals surface area contributed by atoms with Gasteiger partial charge in [-0.05, 0) is 115 Å². The molecule has 2 aliphatic heterocycles. The van der Waals surface area contributed by atoms with Gasteiger partial charge in [-0.3, -0.25) is 9.78 Å². The maximum atomic E-state index is 13.9. The van der Waals surface area contributed by atoms with Crippen molar-refractivity contribution in [3.05, 3.63) is 53.3 Å². The Morgan fingerprint density at radius 2 is 1.72 bits per heavy atom. The molecule has 11 nitrogen and oxygen atoms in total. The van der Waals surface area contributed by atoms with Crippen LogP contribution in [0.25, 0.3) is 0 Å². The summed E-state index contributed by atoms with van der Waals surface area (Å²) in [7, 11) is -0.444. The predicted octanol–water partition coefficient (Wildman–Crippen LogP) is 6.45. The molecule has 1 amide bonds. The summed E-state index contributed by atoms with van der Waals surface area (Å²) in [5.74, 6) is 0.524. The van der Waals surface area contributed by atoms with Gasteiger partial charge in [-0.1, -0.05) is 26.0 Å². The Bertz CT molecular complexity index is 1610. The fourth-order valence-corrected chi connectivity index (χ4v) is 7.93. The molecule has 1 aromatic carbocycles. The molecule has 2 bridgehead atoms. The van der Waals surface area contributed by atoms with E-state index in [4.69, 9.17) is 28.3 Å². The van der Waals surface area contributed by atoms with Gasteiger partial charge in [0.2, 0.25) is 5.91 Å². The molecule has 0 unspecified atom stereocenters. The predicted molar refractivity (Wildman–Crippen MR) is 186 cm³/mol. The highest BCUT2D eigenvalue weighted by molar-refractivity contribution is 6.45. The van der Waals surface area contributed by atoms with Crippen molar-refractivity contribution in [2.45, 2.75) is 123 Å². The number of rotatable bonds is 9. The second kappa shape index (κ2) is 13.2. The van der Waals surface area contributed by atoms with Crippen LogP contribution in [0.15, 0.2) is 36.7 Å². The number of carbonyl (C=O) groups excluding carboxylic acids is 3. The fourth-order valence-electron chi connectivity index (χ4n) is 7.93.